The molecule has 0 N–H and O–H groups in total. The van der Waals surface area contributed by atoms with E-state index in [-0.39, 0.29) is 6.10 Å². The normalized spacial score (nSPS) is 16.1. The van der Waals surface area contributed by atoms with Gasteiger partial charge in [-0.05, 0) is 29.8 Å². The first-order valence-corrected chi connectivity index (χ1v) is 9.74. The minimum absolute atomic E-state index is 0.112. The Balaban J connectivity index is 1.42. The van der Waals surface area contributed by atoms with E-state index < -0.39 is 0 Å². The molecule has 0 spiro atoms. The van der Waals surface area contributed by atoms with E-state index >= 15 is 0 Å². The maximum Gasteiger partial charge on any atom is 0.280 e. The molecular weight excluding hydrogens is 446 g/mol. The van der Waals surface area contributed by atoms with Crippen LogP contribution in [-0.4, -0.2) is 25.1 Å². The molecule has 3 heterocycles. The van der Waals surface area contributed by atoms with Crippen molar-refractivity contribution in [1.82, 2.24) is 25.1 Å². The van der Waals surface area contributed by atoms with Crippen molar-refractivity contribution in [1.29, 1.82) is 0 Å². The summed E-state index contributed by atoms with van der Waals surface area (Å²) in [6.45, 7) is 0.904. The van der Waals surface area contributed by atoms with Gasteiger partial charge in [-0.3, -0.25) is 0 Å². The van der Waals surface area contributed by atoms with Gasteiger partial charge in [0.2, 0.25) is 5.82 Å². The van der Waals surface area contributed by atoms with Crippen LogP contribution in [0.1, 0.15) is 17.4 Å². The van der Waals surface area contributed by atoms with Gasteiger partial charge >= 0.3 is 0 Å². The van der Waals surface area contributed by atoms with E-state index in [0.29, 0.717) is 35.6 Å². The van der Waals surface area contributed by atoms with Crippen LogP contribution in [0.3, 0.4) is 0 Å². The zero-order valence-corrected chi connectivity index (χ0v) is 16.8. The lowest BCUT2D eigenvalue weighted by atomic mass is 10.1. The second-order valence-electron chi connectivity index (χ2n) is 6.35. The van der Waals surface area contributed by atoms with E-state index in [1.165, 1.54) is 0 Å². The summed E-state index contributed by atoms with van der Waals surface area (Å²) in [4.78, 5) is 4.47. The summed E-state index contributed by atoms with van der Waals surface area (Å²) >= 11 is 9.41. The van der Waals surface area contributed by atoms with Crippen LogP contribution in [0.15, 0.2) is 57.5 Å². The van der Waals surface area contributed by atoms with Gasteiger partial charge < -0.3 is 9.26 Å². The number of ether oxygens (including phenoxy) is 1. The molecule has 1 aliphatic heterocycles. The number of hydrogen-bond acceptors (Lipinski definition) is 6. The Morgan fingerprint density at radius 2 is 2.00 bits per heavy atom. The molecule has 1 aliphatic rings. The zero-order valence-electron chi connectivity index (χ0n) is 14.4. The quantitative estimate of drug-likeness (QED) is 0.443. The molecule has 1 atom stereocenters. The number of benzene rings is 2. The maximum atomic E-state index is 6.02. The highest BCUT2D eigenvalue weighted by Gasteiger charge is 2.28. The van der Waals surface area contributed by atoms with E-state index in [4.69, 9.17) is 20.9 Å². The lowest BCUT2D eigenvalue weighted by Gasteiger charge is -2.24. The molecule has 0 fully saturated rings. The lowest BCUT2D eigenvalue weighted by molar-refractivity contribution is -0.00117. The molecule has 9 heteroatoms. The van der Waals surface area contributed by atoms with Gasteiger partial charge in [-0.15, -0.1) is 5.10 Å². The molecule has 28 heavy (non-hydrogen) atoms. The predicted molar refractivity (Wildman–Crippen MR) is 105 cm³/mol. The van der Waals surface area contributed by atoms with Crippen LogP contribution >= 0.6 is 27.5 Å². The van der Waals surface area contributed by atoms with E-state index in [9.17, 15) is 0 Å². The first kappa shape index (κ1) is 17.5. The minimum atomic E-state index is -0.112. The van der Waals surface area contributed by atoms with Gasteiger partial charge in [0.05, 0.1) is 18.8 Å². The Morgan fingerprint density at radius 1 is 1.14 bits per heavy atom. The van der Waals surface area contributed by atoms with Gasteiger partial charge in [0.15, 0.2) is 5.69 Å². The van der Waals surface area contributed by atoms with E-state index in [0.717, 1.165) is 21.3 Å². The monoisotopic (exact) mass is 457 g/mol. The molecule has 2 aromatic carbocycles. The first-order valence-electron chi connectivity index (χ1n) is 8.57. The average molecular weight is 459 g/mol. The van der Waals surface area contributed by atoms with Gasteiger partial charge in [-0.25, -0.2) is 4.68 Å². The van der Waals surface area contributed by atoms with Gasteiger partial charge in [0, 0.05) is 15.1 Å². The summed E-state index contributed by atoms with van der Waals surface area (Å²) in [6.07, 6.45) is -0.112. The van der Waals surface area contributed by atoms with Crippen LogP contribution in [0.25, 0.3) is 23.0 Å². The molecule has 2 aromatic heterocycles. The van der Waals surface area contributed by atoms with Crippen molar-refractivity contribution >= 4 is 27.5 Å². The maximum absolute atomic E-state index is 6.02. The second-order valence-corrected chi connectivity index (χ2v) is 7.70. The first-order chi connectivity index (χ1) is 13.7. The number of aromatic nitrogens is 5. The molecule has 0 aliphatic carbocycles. The van der Waals surface area contributed by atoms with E-state index in [1.807, 2.05) is 53.2 Å². The molecule has 5 rings (SSSR count). The lowest BCUT2D eigenvalue weighted by Crippen LogP contribution is -2.22. The third-order valence-electron chi connectivity index (χ3n) is 4.55. The summed E-state index contributed by atoms with van der Waals surface area (Å²) < 4.78 is 14.2. The summed E-state index contributed by atoms with van der Waals surface area (Å²) in [5.74, 6) is 0.818. The molecule has 0 saturated carbocycles. The van der Waals surface area contributed by atoms with Crippen molar-refractivity contribution in [2.75, 3.05) is 0 Å². The Hall–Kier alpha value is -2.55. The highest BCUT2D eigenvalue weighted by atomic mass is 79.9. The summed E-state index contributed by atoms with van der Waals surface area (Å²) in [7, 11) is 0. The number of nitrogens with zero attached hydrogens (tertiary/aromatic N) is 5. The summed E-state index contributed by atoms with van der Waals surface area (Å²) in [5, 5.41) is 13.3. The molecule has 140 valence electrons. The van der Waals surface area contributed by atoms with Crippen molar-refractivity contribution in [3.05, 3.63) is 69.3 Å². The average Bonchev–Trinajstić information content (AvgIpc) is 3.35. The van der Waals surface area contributed by atoms with Crippen molar-refractivity contribution in [3.63, 3.8) is 0 Å². The number of rotatable bonds is 3. The van der Waals surface area contributed by atoms with Gasteiger partial charge in [-0.2, -0.15) is 4.98 Å². The summed E-state index contributed by atoms with van der Waals surface area (Å²) in [6, 6.07) is 15.3. The van der Waals surface area contributed by atoms with Crippen molar-refractivity contribution in [3.8, 4) is 23.0 Å². The Bertz CT molecular complexity index is 1140. The van der Waals surface area contributed by atoms with Gasteiger partial charge in [0.25, 0.3) is 5.89 Å². The third kappa shape index (κ3) is 3.23. The topological polar surface area (TPSA) is 78.9 Å². The molecule has 0 amide bonds. The molecule has 0 unspecified atom stereocenters. The largest absolute Gasteiger partial charge is 0.365 e. The SMILES string of the molecule is Clc1ccc([C@@H]2Cn3nnc(-c4nc(-c5cccc(Br)c5)no4)c3CO2)cc1. The van der Waals surface area contributed by atoms with Crippen LogP contribution in [0.4, 0.5) is 0 Å². The highest BCUT2D eigenvalue weighted by Crippen LogP contribution is 2.31. The van der Waals surface area contributed by atoms with Gasteiger partial charge in [-0.1, -0.05) is 62.2 Å². The molecule has 0 radical (unpaired) electrons. The van der Waals surface area contributed by atoms with Crippen LogP contribution < -0.4 is 0 Å². The van der Waals surface area contributed by atoms with Crippen LogP contribution in [0, 0.1) is 0 Å². The Morgan fingerprint density at radius 3 is 2.82 bits per heavy atom. The van der Waals surface area contributed by atoms with Gasteiger partial charge in [0.1, 0.15) is 6.10 Å². The highest BCUT2D eigenvalue weighted by molar-refractivity contribution is 9.10. The summed E-state index contributed by atoms with van der Waals surface area (Å²) in [5.41, 5.74) is 3.25. The zero-order chi connectivity index (χ0) is 19.1. The number of halogens is 2. The molecule has 7 nitrogen and oxygen atoms in total. The fraction of sp³-hybridized carbons (Fsp3) is 0.158. The molecule has 0 saturated heterocycles. The van der Waals surface area contributed by atoms with Crippen molar-refractivity contribution in [2.45, 2.75) is 19.3 Å². The van der Waals surface area contributed by atoms with Crippen LogP contribution in [0.2, 0.25) is 5.02 Å². The fourth-order valence-corrected chi connectivity index (χ4v) is 3.65. The van der Waals surface area contributed by atoms with Crippen molar-refractivity contribution in [2.24, 2.45) is 0 Å². The molecular formula is C19H13BrClN5O2. The fourth-order valence-electron chi connectivity index (χ4n) is 3.12. The smallest absolute Gasteiger partial charge is 0.280 e. The van der Waals surface area contributed by atoms with E-state index in [1.54, 1.807) is 0 Å². The Labute approximate surface area is 173 Å². The second kappa shape index (κ2) is 7.12. The Kier molecular flexibility index (Phi) is 4.46. The predicted octanol–water partition coefficient (Wildman–Crippen LogP) is 4.68. The number of hydrogen-bond donors (Lipinski definition) is 0. The third-order valence-corrected chi connectivity index (χ3v) is 5.30. The number of fused-ring (bicyclic) bond motifs is 1. The van der Waals surface area contributed by atoms with Crippen molar-refractivity contribution < 1.29 is 9.26 Å². The van der Waals surface area contributed by atoms with Crippen LogP contribution in [0.5, 0.6) is 0 Å². The molecule has 4 aromatic rings. The molecule has 0 bridgehead atoms. The standard InChI is InChI=1S/C19H13BrClN5O2/c20-13-3-1-2-12(8-13)18-22-19(28-24-18)17-15-10-27-16(9-26(15)25-23-17)11-4-6-14(21)7-5-11/h1-8,16H,9-10H2/t16-/m0/s1. The van der Waals surface area contributed by atoms with Crippen LogP contribution in [-0.2, 0) is 17.9 Å². The van der Waals surface area contributed by atoms with E-state index in [2.05, 4.69) is 36.4 Å². The minimum Gasteiger partial charge on any atom is -0.365 e.